The third kappa shape index (κ3) is 4.77. The number of para-hydroxylation sites is 1. The number of carbonyl (C=O) groups is 2. The lowest BCUT2D eigenvalue weighted by molar-refractivity contribution is -0.121. The van der Waals surface area contributed by atoms with E-state index in [2.05, 4.69) is 5.32 Å². The van der Waals surface area contributed by atoms with E-state index in [9.17, 15) is 9.59 Å². The maximum Gasteiger partial charge on any atom is 0.255 e. The number of rotatable bonds is 5. The van der Waals surface area contributed by atoms with Gasteiger partial charge in [0.25, 0.3) is 5.91 Å². The van der Waals surface area contributed by atoms with Crippen molar-refractivity contribution < 1.29 is 14.3 Å². The molecule has 5 nitrogen and oxygen atoms in total. The van der Waals surface area contributed by atoms with E-state index in [1.165, 1.54) is 0 Å². The predicted octanol–water partition coefficient (Wildman–Crippen LogP) is 5.67. The van der Waals surface area contributed by atoms with Crippen LogP contribution in [0.25, 0.3) is 0 Å². The fourth-order valence-electron chi connectivity index (χ4n) is 3.70. The number of hydrogen-bond donors (Lipinski definition) is 1. The van der Waals surface area contributed by atoms with E-state index in [0.29, 0.717) is 23.5 Å². The van der Waals surface area contributed by atoms with Gasteiger partial charge in [0, 0.05) is 29.4 Å². The average Bonchev–Trinajstić information content (AvgIpc) is 2.79. The molecule has 0 aromatic heterocycles. The van der Waals surface area contributed by atoms with Crippen LogP contribution in [0.4, 0.5) is 11.4 Å². The first-order valence-corrected chi connectivity index (χ1v) is 10.6. The zero-order valence-corrected chi connectivity index (χ0v) is 17.8. The molecule has 2 amide bonds. The minimum absolute atomic E-state index is 0.0687. The summed E-state index contributed by atoms with van der Waals surface area (Å²) in [6, 6.07) is 22.3. The molecule has 0 aliphatic carbocycles. The van der Waals surface area contributed by atoms with Crippen molar-refractivity contribution in [3.63, 3.8) is 0 Å². The fraction of sp³-hybridized carbons (Fsp3) is 0.231. The first-order chi connectivity index (χ1) is 15.0. The third-order valence-electron chi connectivity index (χ3n) is 5.32. The SMILES string of the molecule is CC(C)C(=O)N1CCCc2ccc(NC(=O)c3ccc(Oc4ccccc4)cc3)cc21. The molecule has 0 saturated carbocycles. The van der Waals surface area contributed by atoms with Crippen molar-refractivity contribution in [2.24, 2.45) is 5.92 Å². The van der Waals surface area contributed by atoms with Crippen LogP contribution in [-0.2, 0) is 11.2 Å². The maximum absolute atomic E-state index is 12.7. The second-order valence-electron chi connectivity index (χ2n) is 7.99. The average molecular weight is 415 g/mol. The van der Waals surface area contributed by atoms with Gasteiger partial charge < -0.3 is 15.0 Å². The molecule has 0 bridgehead atoms. The molecular formula is C26H26N2O3. The predicted molar refractivity (Wildman–Crippen MR) is 123 cm³/mol. The third-order valence-corrected chi connectivity index (χ3v) is 5.32. The number of hydrogen-bond acceptors (Lipinski definition) is 3. The molecule has 0 atom stereocenters. The number of carbonyl (C=O) groups excluding carboxylic acids is 2. The van der Waals surface area contributed by atoms with Crippen LogP contribution in [0.15, 0.2) is 72.8 Å². The van der Waals surface area contributed by atoms with Gasteiger partial charge in [-0.05, 0) is 66.9 Å². The Kier molecular flexibility index (Phi) is 6.03. The quantitative estimate of drug-likeness (QED) is 0.585. The number of ether oxygens (including phenoxy) is 1. The van der Waals surface area contributed by atoms with Crippen LogP contribution in [0, 0.1) is 5.92 Å². The van der Waals surface area contributed by atoms with Crippen molar-refractivity contribution in [2.45, 2.75) is 26.7 Å². The zero-order chi connectivity index (χ0) is 21.8. The van der Waals surface area contributed by atoms with E-state index < -0.39 is 0 Å². The van der Waals surface area contributed by atoms with Gasteiger partial charge in [0.15, 0.2) is 0 Å². The Balaban J connectivity index is 1.47. The highest BCUT2D eigenvalue weighted by molar-refractivity contribution is 6.05. The van der Waals surface area contributed by atoms with Crippen LogP contribution in [0.3, 0.4) is 0 Å². The van der Waals surface area contributed by atoms with Gasteiger partial charge in [0.1, 0.15) is 11.5 Å². The molecule has 1 N–H and O–H groups in total. The Morgan fingerprint density at radius 2 is 1.65 bits per heavy atom. The number of aryl methyl sites for hydroxylation is 1. The Bertz CT molecular complexity index is 1080. The molecule has 0 spiro atoms. The Morgan fingerprint density at radius 3 is 2.35 bits per heavy atom. The molecular weight excluding hydrogens is 388 g/mol. The van der Waals surface area contributed by atoms with Crippen LogP contribution in [0.1, 0.15) is 36.2 Å². The second kappa shape index (κ2) is 9.04. The monoisotopic (exact) mass is 414 g/mol. The highest BCUT2D eigenvalue weighted by atomic mass is 16.5. The smallest absolute Gasteiger partial charge is 0.255 e. The summed E-state index contributed by atoms with van der Waals surface area (Å²) in [5.74, 6) is 1.25. The van der Waals surface area contributed by atoms with Crippen LogP contribution < -0.4 is 15.0 Å². The molecule has 1 aliphatic rings. The lowest BCUT2D eigenvalue weighted by Crippen LogP contribution is -2.38. The fourth-order valence-corrected chi connectivity index (χ4v) is 3.70. The summed E-state index contributed by atoms with van der Waals surface area (Å²) in [6.45, 7) is 4.53. The molecule has 0 radical (unpaired) electrons. The van der Waals surface area contributed by atoms with Crippen LogP contribution in [-0.4, -0.2) is 18.4 Å². The van der Waals surface area contributed by atoms with E-state index in [0.717, 1.165) is 29.8 Å². The van der Waals surface area contributed by atoms with Gasteiger partial charge in [0.05, 0.1) is 0 Å². The van der Waals surface area contributed by atoms with E-state index >= 15 is 0 Å². The Morgan fingerprint density at radius 1 is 0.935 bits per heavy atom. The van der Waals surface area contributed by atoms with Gasteiger partial charge in [-0.1, -0.05) is 38.1 Å². The molecule has 31 heavy (non-hydrogen) atoms. The summed E-state index contributed by atoms with van der Waals surface area (Å²) in [6.07, 6.45) is 1.89. The topological polar surface area (TPSA) is 58.6 Å². The first-order valence-electron chi connectivity index (χ1n) is 10.6. The molecule has 3 aromatic carbocycles. The summed E-state index contributed by atoms with van der Waals surface area (Å²) in [4.78, 5) is 27.2. The van der Waals surface area contributed by atoms with Gasteiger partial charge in [-0.2, -0.15) is 0 Å². The summed E-state index contributed by atoms with van der Waals surface area (Å²) >= 11 is 0. The van der Waals surface area contributed by atoms with Gasteiger partial charge in [0.2, 0.25) is 5.91 Å². The van der Waals surface area contributed by atoms with E-state index in [1.54, 1.807) is 24.3 Å². The van der Waals surface area contributed by atoms with Crippen molar-refractivity contribution in [3.05, 3.63) is 83.9 Å². The Labute approximate surface area is 182 Å². The molecule has 3 aromatic rings. The number of fused-ring (bicyclic) bond motifs is 1. The molecule has 1 heterocycles. The number of nitrogens with zero attached hydrogens (tertiary/aromatic N) is 1. The van der Waals surface area contributed by atoms with Crippen molar-refractivity contribution >= 4 is 23.2 Å². The van der Waals surface area contributed by atoms with Crippen LogP contribution in [0.5, 0.6) is 11.5 Å². The first kappa shape index (κ1) is 20.7. The largest absolute Gasteiger partial charge is 0.457 e. The summed E-state index contributed by atoms with van der Waals surface area (Å²) in [7, 11) is 0. The maximum atomic E-state index is 12.7. The van der Waals surface area contributed by atoms with Gasteiger partial charge in [-0.3, -0.25) is 9.59 Å². The number of amides is 2. The van der Waals surface area contributed by atoms with Crippen molar-refractivity contribution in [2.75, 3.05) is 16.8 Å². The molecule has 158 valence electrons. The van der Waals surface area contributed by atoms with E-state index in [-0.39, 0.29) is 17.7 Å². The molecule has 5 heteroatoms. The van der Waals surface area contributed by atoms with Crippen molar-refractivity contribution in [1.82, 2.24) is 0 Å². The highest BCUT2D eigenvalue weighted by Gasteiger charge is 2.24. The minimum atomic E-state index is -0.205. The second-order valence-corrected chi connectivity index (χ2v) is 7.99. The standard InChI is InChI=1S/C26H26N2O3/c1-18(2)26(30)28-16-6-7-19-10-13-21(17-24(19)28)27-25(29)20-11-14-23(15-12-20)31-22-8-4-3-5-9-22/h3-5,8-15,17-18H,6-7,16H2,1-2H3,(H,27,29). The molecule has 1 aliphatic heterocycles. The lowest BCUT2D eigenvalue weighted by Gasteiger charge is -2.31. The van der Waals surface area contributed by atoms with Gasteiger partial charge >= 0.3 is 0 Å². The molecule has 0 unspecified atom stereocenters. The van der Waals surface area contributed by atoms with E-state index in [4.69, 9.17) is 4.74 Å². The summed E-state index contributed by atoms with van der Waals surface area (Å²) < 4.78 is 5.78. The van der Waals surface area contributed by atoms with Crippen LogP contribution in [0.2, 0.25) is 0 Å². The van der Waals surface area contributed by atoms with Crippen molar-refractivity contribution in [1.29, 1.82) is 0 Å². The normalized spacial score (nSPS) is 12.9. The Hall–Kier alpha value is -3.60. The summed E-state index contributed by atoms with van der Waals surface area (Å²) in [5, 5.41) is 2.95. The molecule has 0 saturated heterocycles. The van der Waals surface area contributed by atoms with Crippen LogP contribution >= 0.6 is 0 Å². The zero-order valence-electron chi connectivity index (χ0n) is 17.8. The minimum Gasteiger partial charge on any atom is -0.457 e. The van der Waals surface area contributed by atoms with Gasteiger partial charge in [-0.25, -0.2) is 0 Å². The molecule has 4 rings (SSSR count). The summed E-state index contributed by atoms with van der Waals surface area (Å²) in [5.41, 5.74) is 3.25. The highest BCUT2D eigenvalue weighted by Crippen LogP contribution is 2.31. The number of nitrogens with one attached hydrogen (secondary N) is 1. The number of benzene rings is 3. The number of anilines is 2. The van der Waals surface area contributed by atoms with Crippen molar-refractivity contribution in [3.8, 4) is 11.5 Å². The lowest BCUT2D eigenvalue weighted by atomic mass is 9.99. The molecule has 0 fully saturated rings. The van der Waals surface area contributed by atoms with E-state index in [1.807, 2.05) is 67.3 Å². The van der Waals surface area contributed by atoms with Gasteiger partial charge in [-0.15, -0.1) is 0 Å².